The molecule has 11 nitrogen and oxygen atoms in total. The predicted molar refractivity (Wildman–Crippen MR) is 94.0 cm³/mol. The van der Waals surface area contributed by atoms with Crippen LogP contribution in [0.1, 0.15) is 15.9 Å². The minimum Gasteiger partial charge on any atom is -0.478 e. The zero-order valence-electron chi connectivity index (χ0n) is 14.7. The fourth-order valence-electron chi connectivity index (χ4n) is 3.04. The predicted octanol–water partition coefficient (Wildman–Crippen LogP) is 1.37. The molecule has 5 rings (SSSR count). The molecule has 0 spiro atoms. The molecule has 0 atom stereocenters. The summed E-state index contributed by atoms with van der Waals surface area (Å²) in [7, 11) is 0. The van der Waals surface area contributed by atoms with E-state index >= 15 is 0 Å². The lowest BCUT2D eigenvalue weighted by atomic mass is 10.2. The summed E-state index contributed by atoms with van der Waals surface area (Å²) in [6, 6.07) is 4.29. The van der Waals surface area contributed by atoms with Gasteiger partial charge in [0.2, 0.25) is 5.95 Å². The van der Waals surface area contributed by atoms with Gasteiger partial charge in [-0.25, -0.2) is 14.5 Å². The number of rotatable bonds is 4. The molecule has 0 radical (unpaired) electrons. The molecule has 0 bridgehead atoms. The second kappa shape index (κ2) is 6.10. The Kier molecular flexibility index (Phi) is 3.62. The van der Waals surface area contributed by atoms with E-state index in [0.29, 0.717) is 5.56 Å². The van der Waals surface area contributed by atoms with E-state index in [1.54, 1.807) is 6.07 Å². The van der Waals surface area contributed by atoms with Crippen molar-refractivity contribution in [3.05, 3.63) is 58.4 Å². The van der Waals surface area contributed by atoms with Crippen LogP contribution in [0.2, 0.25) is 0 Å². The Hall–Kier alpha value is -4.29. The number of aromatic carboxylic acids is 1. The molecule has 4 heterocycles. The summed E-state index contributed by atoms with van der Waals surface area (Å²) in [6.45, 7) is 0.133. The Morgan fingerprint density at radius 1 is 1.27 bits per heavy atom. The Bertz CT molecular complexity index is 1370. The number of aromatic amines is 1. The van der Waals surface area contributed by atoms with Crippen LogP contribution in [-0.4, -0.2) is 46.7 Å². The van der Waals surface area contributed by atoms with E-state index in [9.17, 15) is 18.4 Å². The van der Waals surface area contributed by atoms with Gasteiger partial charge in [0.15, 0.2) is 22.7 Å². The number of nitrogens with one attached hydrogen (secondary N) is 1. The second-order valence-corrected chi connectivity index (χ2v) is 6.36. The van der Waals surface area contributed by atoms with Crippen molar-refractivity contribution in [2.45, 2.75) is 12.8 Å². The molecule has 152 valence electrons. The summed E-state index contributed by atoms with van der Waals surface area (Å²) in [5.74, 6) is -1.36. The van der Waals surface area contributed by atoms with Crippen molar-refractivity contribution in [2.75, 3.05) is 0 Å². The van der Waals surface area contributed by atoms with Gasteiger partial charge in [-0.05, 0) is 17.7 Å². The number of imidazole rings is 1. The van der Waals surface area contributed by atoms with E-state index < -0.39 is 17.8 Å². The molecular formula is C17H10F2N6O5. The molecule has 30 heavy (non-hydrogen) atoms. The minimum atomic E-state index is -3.72. The monoisotopic (exact) mass is 416 g/mol. The average Bonchev–Trinajstić information content (AvgIpc) is 3.37. The molecule has 2 N–H and O–H groups in total. The van der Waals surface area contributed by atoms with E-state index in [-0.39, 0.29) is 40.7 Å². The molecule has 0 unspecified atom stereocenters. The number of fused-ring (bicyclic) bond motifs is 2. The van der Waals surface area contributed by atoms with E-state index in [4.69, 9.17) is 5.11 Å². The number of benzene rings is 1. The third-order valence-electron chi connectivity index (χ3n) is 4.34. The molecule has 4 aromatic rings. The largest absolute Gasteiger partial charge is 0.586 e. The molecule has 1 aliphatic rings. The first-order valence-corrected chi connectivity index (χ1v) is 8.41. The van der Waals surface area contributed by atoms with Crippen LogP contribution in [0.25, 0.3) is 17.1 Å². The van der Waals surface area contributed by atoms with Crippen molar-refractivity contribution in [3.63, 3.8) is 0 Å². The first-order chi connectivity index (χ1) is 14.3. The maximum atomic E-state index is 13.2. The van der Waals surface area contributed by atoms with E-state index in [2.05, 4.69) is 29.5 Å². The molecular weight excluding hydrogens is 406 g/mol. The Balaban J connectivity index is 1.48. The summed E-state index contributed by atoms with van der Waals surface area (Å²) in [5, 5.41) is 12.8. The fourth-order valence-corrected chi connectivity index (χ4v) is 3.04. The van der Waals surface area contributed by atoms with Gasteiger partial charge in [0.1, 0.15) is 0 Å². The maximum Gasteiger partial charge on any atom is 0.586 e. The lowest BCUT2D eigenvalue weighted by molar-refractivity contribution is -0.286. The van der Waals surface area contributed by atoms with Crippen molar-refractivity contribution in [1.29, 1.82) is 0 Å². The van der Waals surface area contributed by atoms with Gasteiger partial charge in [-0.1, -0.05) is 6.07 Å². The summed E-state index contributed by atoms with van der Waals surface area (Å²) < 4.78 is 37.8. The molecule has 0 amide bonds. The van der Waals surface area contributed by atoms with Crippen LogP contribution in [0.5, 0.6) is 11.5 Å². The zero-order chi connectivity index (χ0) is 21.0. The number of ether oxygens (including phenoxy) is 2. The van der Waals surface area contributed by atoms with Crippen LogP contribution in [0.15, 0.2) is 41.7 Å². The molecule has 1 aromatic carbocycles. The highest BCUT2D eigenvalue weighted by atomic mass is 19.3. The molecule has 3 aromatic heterocycles. The SMILES string of the molecule is O=C(O)c1cnn(-c2nc3ncn(Cc4ccc5c(c4)OC(F)(F)O5)c3c(=O)[nH]2)c1. The quantitative estimate of drug-likeness (QED) is 0.509. The molecule has 0 fully saturated rings. The summed E-state index contributed by atoms with van der Waals surface area (Å²) >= 11 is 0. The number of halogens is 2. The average molecular weight is 416 g/mol. The third kappa shape index (κ3) is 2.92. The number of hydrogen-bond donors (Lipinski definition) is 2. The lowest BCUT2D eigenvalue weighted by Gasteiger charge is -2.06. The van der Waals surface area contributed by atoms with Gasteiger partial charge in [0.25, 0.3) is 5.56 Å². The van der Waals surface area contributed by atoms with Gasteiger partial charge in [0.05, 0.1) is 18.1 Å². The number of aromatic nitrogens is 6. The summed E-state index contributed by atoms with van der Waals surface area (Å²) in [5.41, 5.74) is 0.209. The third-order valence-corrected chi connectivity index (χ3v) is 4.34. The maximum absolute atomic E-state index is 13.2. The Morgan fingerprint density at radius 2 is 2.07 bits per heavy atom. The molecule has 1 aliphatic heterocycles. The van der Waals surface area contributed by atoms with E-state index in [0.717, 1.165) is 10.9 Å². The van der Waals surface area contributed by atoms with Crippen LogP contribution in [0, 0.1) is 0 Å². The summed E-state index contributed by atoms with van der Waals surface area (Å²) in [6.07, 6.45) is -0.0190. The number of hydrogen-bond acceptors (Lipinski definition) is 7. The number of carbonyl (C=O) groups is 1. The molecule has 13 heteroatoms. The molecule has 0 aliphatic carbocycles. The number of nitrogens with zero attached hydrogens (tertiary/aromatic N) is 5. The number of alkyl halides is 2. The standard InChI is InChI=1S/C17H10F2N6O5/c18-17(19)29-10-2-1-8(3-11(10)30-17)5-24-7-20-13-12(24)14(26)23-16(22-13)25-6-9(4-21-25)15(27)28/h1-4,6-7H,5H2,(H,27,28)(H,22,23,26). The topological polar surface area (TPSA) is 137 Å². The van der Waals surface area contributed by atoms with Crippen LogP contribution >= 0.6 is 0 Å². The zero-order valence-corrected chi connectivity index (χ0v) is 14.7. The molecule has 0 saturated heterocycles. The number of carboxylic acid groups (broad SMARTS) is 1. The van der Waals surface area contributed by atoms with Crippen LogP contribution in [-0.2, 0) is 6.54 Å². The molecule has 0 saturated carbocycles. The van der Waals surface area contributed by atoms with Crippen molar-refractivity contribution in [2.24, 2.45) is 0 Å². The van der Waals surface area contributed by atoms with Crippen molar-refractivity contribution in [1.82, 2.24) is 29.3 Å². The van der Waals surface area contributed by atoms with E-state index in [1.807, 2.05) is 0 Å². The number of carboxylic acids is 1. The van der Waals surface area contributed by atoms with Gasteiger partial charge < -0.3 is 19.1 Å². The Morgan fingerprint density at radius 3 is 2.83 bits per heavy atom. The van der Waals surface area contributed by atoms with Crippen LogP contribution < -0.4 is 15.0 Å². The van der Waals surface area contributed by atoms with Gasteiger partial charge in [-0.3, -0.25) is 9.78 Å². The van der Waals surface area contributed by atoms with Crippen molar-refractivity contribution in [3.8, 4) is 17.4 Å². The highest BCUT2D eigenvalue weighted by Gasteiger charge is 2.43. The normalized spacial score (nSPS) is 14.3. The first-order valence-electron chi connectivity index (χ1n) is 8.41. The lowest BCUT2D eigenvalue weighted by Crippen LogP contribution is -2.25. The van der Waals surface area contributed by atoms with Gasteiger partial charge in [-0.2, -0.15) is 10.1 Å². The summed E-state index contributed by atoms with van der Waals surface area (Å²) in [4.78, 5) is 34.4. The highest BCUT2D eigenvalue weighted by molar-refractivity contribution is 5.86. The van der Waals surface area contributed by atoms with Crippen molar-refractivity contribution < 1.29 is 28.2 Å². The second-order valence-electron chi connectivity index (χ2n) is 6.36. The van der Waals surface area contributed by atoms with Gasteiger partial charge in [0, 0.05) is 12.7 Å². The van der Waals surface area contributed by atoms with Gasteiger partial charge >= 0.3 is 12.3 Å². The van der Waals surface area contributed by atoms with E-state index in [1.165, 1.54) is 29.2 Å². The first kappa shape index (κ1) is 17.8. The van der Waals surface area contributed by atoms with Crippen LogP contribution in [0.4, 0.5) is 8.78 Å². The Labute approximate surface area is 164 Å². The van der Waals surface area contributed by atoms with Crippen molar-refractivity contribution >= 4 is 17.1 Å². The van der Waals surface area contributed by atoms with Gasteiger partial charge in [-0.15, -0.1) is 8.78 Å². The minimum absolute atomic E-state index is 0.00411. The smallest absolute Gasteiger partial charge is 0.478 e. The number of H-pyrrole nitrogens is 1. The van der Waals surface area contributed by atoms with Crippen LogP contribution in [0.3, 0.4) is 0 Å². The fraction of sp³-hybridized carbons (Fsp3) is 0.118. The highest BCUT2D eigenvalue weighted by Crippen LogP contribution is 2.41.